The molecule has 0 unspecified atom stereocenters. The Bertz CT molecular complexity index is 2500. The fourth-order valence-electron chi connectivity index (χ4n) is 6.33. The number of nitrogens with two attached hydrogens (primary N) is 1. The van der Waals surface area contributed by atoms with E-state index in [-0.39, 0.29) is 65.3 Å². The minimum atomic E-state index is -1.26. The molecule has 0 radical (unpaired) electrons. The fraction of sp³-hybridized carbons (Fsp3) is 0.191. The van der Waals surface area contributed by atoms with Gasteiger partial charge < -0.3 is 26.0 Å². The first kappa shape index (κ1) is 43.4. The van der Waals surface area contributed by atoms with Crippen molar-refractivity contribution in [1.82, 2.24) is 5.32 Å². The Morgan fingerprint density at radius 1 is 0.683 bits per heavy atom. The summed E-state index contributed by atoms with van der Waals surface area (Å²) in [6, 6.07) is 28.1. The van der Waals surface area contributed by atoms with Crippen LogP contribution in [0.1, 0.15) is 99.9 Å². The lowest BCUT2D eigenvalue weighted by Gasteiger charge is -2.18. The van der Waals surface area contributed by atoms with Crippen LogP contribution in [-0.4, -0.2) is 63.3 Å². The third kappa shape index (κ3) is 11.4. The Morgan fingerprint density at radius 2 is 1.25 bits per heavy atom. The molecule has 0 spiro atoms. The van der Waals surface area contributed by atoms with Crippen molar-refractivity contribution < 1.29 is 48.5 Å². The second-order valence-electron chi connectivity index (χ2n) is 14.3. The predicted octanol–water partition coefficient (Wildman–Crippen LogP) is 5.81. The number of phenols is 1. The number of carboxylic acids is 1. The molecule has 0 aliphatic carbocycles. The SMILES string of the molecule is CC(C)Oc1c(CC(=O)c2ccc(CC(=O)[C@H](CC(N)=O)NC(=O)c3cccc(CC(=O)c4ccc(C#N)cc4)c3)cc2)ccc(C(=O)Cc2ccc(C(=O)O)cc2)c1O. The summed E-state index contributed by atoms with van der Waals surface area (Å²) in [5.74, 6) is -4.52. The van der Waals surface area contributed by atoms with E-state index in [1.165, 1.54) is 60.7 Å². The maximum absolute atomic E-state index is 13.5. The number of phenolic OH excluding ortho intramolecular Hbond substituents is 1. The number of carbonyl (C=O) groups is 7. The Labute approximate surface area is 345 Å². The first-order valence-electron chi connectivity index (χ1n) is 18.8. The van der Waals surface area contributed by atoms with Crippen molar-refractivity contribution in [3.63, 3.8) is 0 Å². The molecule has 1 atom stereocenters. The maximum atomic E-state index is 13.5. The molecule has 0 aliphatic heterocycles. The van der Waals surface area contributed by atoms with Crippen LogP contribution in [0.15, 0.2) is 109 Å². The maximum Gasteiger partial charge on any atom is 0.335 e. The van der Waals surface area contributed by atoms with Gasteiger partial charge in [-0.15, -0.1) is 0 Å². The summed E-state index contributed by atoms with van der Waals surface area (Å²) in [4.78, 5) is 89.3. The second-order valence-corrected chi connectivity index (χ2v) is 14.3. The molecule has 0 aliphatic rings. The quantitative estimate of drug-likeness (QED) is 0.0727. The number of nitrogens with zero attached hydrogens (tertiary/aromatic N) is 1. The van der Waals surface area contributed by atoms with E-state index >= 15 is 0 Å². The van der Waals surface area contributed by atoms with E-state index in [9.17, 15) is 38.7 Å². The van der Waals surface area contributed by atoms with Crippen LogP contribution in [0.25, 0.3) is 0 Å². The molecular weight excluding hydrogens is 767 g/mol. The van der Waals surface area contributed by atoms with Crippen molar-refractivity contribution in [2.75, 3.05) is 0 Å². The average Bonchev–Trinajstić information content (AvgIpc) is 3.22. The lowest BCUT2D eigenvalue weighted by Crippen LogP contribution is -2.44. The van der Waals surface area contributed by atoms with Gasteiger partial charge in [-0.25, -0.2) is 4.79 Å². The smallest absolute Gasteiger partial charge is 0.335 e. The Balaban J connectivity index is 1.23. The number of aromatic carboxylic acids is 1. The summed E-state index contributed by atoms with van der Waals surface area (Å²) >= 11 is 0. The summed E-state index contributed by atoms with van der Waals surface area (Å²) in [5, 5.41) is 31.9. The lowest BCUT2D eigenvalue weighted by molar-refractivity contribution is -0.125. The zero-order chi connectivity index (χ0) is 43.5. The van der Waals surface area contributed by atoms with Gasteiger partial charge in [-0.3, -0.25) is 28.8 Å². The van der Waals surface area contributed by atoms with Gasteiger partial charge in [0.25, 0.3) is 5.91 Å². The van der Waals surface area contributed by atoms with Crippen molar-refractivity contribution in [3.8, 4) is 17.6 Å². The van der Waals surface area contributed by atoms with E-state index in [1.807, 2.05) is 6.07 Å². The van der Waals surface area contributed by atoms with E-state index in [0.29, 0.717) is 33.4 Å². The highest BCUT2D eigenvalue weighted by molar-refractivity contribution is 6.03. The van der Waals surface area contributed by atoms with Crippen molar-refractivity contribution in [2.24, 2.45) is 5.73 Å². The molecule has 5 aromatic carbocycles. The molecule has 304 valence electrons. The predicted molar refractivity (Wildman–Crippen MR) is 219 cm³/mol. The minimum absolute atomic E-state index is 0.0153. The van der Waals surface area contributed by atoms with Crippen LogP contribution in [0.4, 0.5) is 0 Å². The molecular formula is C47H41N3O10. The third-order valence-electron chi connectivity index (χ3n) is 9.43. The van der Waals surface area contributed by atoms with Gasteiger partial charge in [0, 0.05) is 47.9 Å². The minimum Gasteiger partial charge on any atom is -0.504 e. The number of carbonyl (C=O) groups excluding carboxylic acids is 6. The number of rotatable bonds is 19. The number of aromatic hydroxyl groups is 1. The molecule has 0 fully saturated rings. The van der Waals surface area contributed by atoms with E-state index in [1.54, 1.807) is 62.4 Å². The molecule has 2 amide bonds. The summed E-state index contributed by atoms with van der Waals surface area (Å²) in [7, 11) is 0. The summed E-state index contributed by atoms with van der Waals surface area (Å²) in [5.41, 5.74) is 8.65. The van der Waals surface area contributed by atoms with Crippen LogP contribution < -0.4 is 15.8 Å². The largest absolute Gasteiger partial charge is 0.504 e. The highest BCUT2D eigenvalue weighted by atomic mass is 16.5. The van der Waals surface area contributed by atoms with Gasteiger partial charge in [0.2, 0.25) is 5.91 Å². The van der Waals surface area contributed by atoms with Crippen LogP contribution in [0.3, 0.4) is 0 Å². The fourth-order valence-corrected chi connectivity index (χ4v) is 6.33. The number of carboxylic acid groups (broad SMARTS) is 1. The first-order chi connectivity index (χ1) is 28.6. The number of ketones is 4. The molecule has 60 heavy (non-hydrogen) atoms. The summed E-state index contributed by atoms with van der Waals surface area (Å²) in [6.45, 7) is 3.46. The van der Waals surface area contributed by atoms with Crippen LogP contribution in [0.2, 0.25) is 0 Å². The summed E-state index contributed by atoms with van der Waals surface area (Å²) < 4.78 is 5.87. The Morgan fingerprint density at radius 3 is 1.83 bits per heavy atom. The molecule has 5 aromatic rings. The highest BCUT2D eigenvalue weighted by Crippen LogP contribution is 2.36. The Kier molecular flexibility index (Phi) is 14.2. The number of amides is 2. The van der Waals surface area contributed by atoms with E-state index < -0.39 is 53.7 Å². The lowest BCUT2D eigenvalue weighted by atomic mass is 9.95. The molecule has 0 aromatic heterocycles. The number of primary amides is 1. The zero-order valence-electron chi connectivity index (χ0n) is 32.8. The van der Waals surface area contributed by atoms with Crippen LogP contribution in [0, 0.1) is 11.3 Å². The van der Waals surface area contributed by atoms with Crippen LogP contribution >= 0.6 is 0 Å². The van der Waals surface area contributed by atoms with Gasteiger partial charge in [0.1, 0.15) is 0 Å². The van der Waals surface area contributed by atoms with Gasteiger partial charge in [-0.2, -0.15) is 5.26 Å². The zero-order valence-corrected chi connectivity index (χ0v) is 32.8. The molecule has 0 heterocycles. The Hall–Kier alpha value is -7.72. The molecule has 13 heteroatoms. The van der Waals surface area contributed by atoms with E-state index in [2.05, 4.69) is 5.32 Å². The number of nitriles is 1. The van der Waals surface area contributed by atoms with Crippen molar-refractivity contribution in [1.29, 1.82) is 5.26 Å². The van der Waals surface area contributed by atoms with Crippen LogP contribution in [-0.2, 0) is 35.3 Å². The molecule has 0 saturated carbocycles. The number of nitrogens with one attached hydrogen (secondary N) is 1. The molecule has 0 bridgehead atoms. The van der Waals surface area contributed by atoms with Gasteiger partial charge in [0.15, 0.2) is 34.6 Å². The van der Waals surface area contributed by atoms with Crippen molar-refractivity contribution in [2.45, 2.75) is 58.1 Å². The van der Waals surface area contributed by atoms with Crippen LogP contribution in [0.5, 0.6) is 11.5 Å². The number of hydrogen-bond acceptors (Lipinski definition) is 10. The number of Topliss-reactive ketones (excluding diaryl/α,β-unsaturated/α-hetero) is 4. The van der Waals surface area contributed by atoms with E-state index in [4.69, 9.17) is 20.8 Å². The number of hydrogen-bond donors (Lipinski definition) is 4. The van der Waals surface area contributed by atoms with Gasteiger partial charge >= 0.3 is 5.97 Å². The van der Waals surface area contributed by atoms with Gasteiger partial charge in [-0.05, 0) is 73.0 Å². The van der Waals surface area contributed by atoms with E-state index in [0.717, 1.165) is 0 Å². The number of benzene rings is 5. The molecule has 5 N–H and O–H groups in total. The average molecular weight is 808 g/mol. The standard InChI is InChI=1S/C47H41N3O10/c1-27(2)60-45-35(18-19-37(44(45)56)41(53)21-28-8-16-34(17-9-28)47(58)59)24-40(52)33-12-6-29(7-13-33)22-42(54)38(25-43(49)55)50-46(57)36-5-3-4-31(20-36)23-39(51)32-14-10-30(26-48)11-15-32/h3-20,27,38,56H,21-25H2,1-2H3,(H2,49,55)(H,50,57)(H,58,59)/t38-/m0/s1. The summed E-state index contributed by atoms with van der Waals surface area (Å²) in [6.07, 6.45) is -1.41. The second kappa shape index (κ2) is 19.6. The number of ether oxygens (including phenoxy) is 1. The van der Waals surface area contributed by atoms with Crippen molar-refractivity contribution >= 4 is 40.9 Å². The van der Waals surface area contributed by atoms with Gasteiger partial charge in [0.05, 0.1) is 41.3 Å². The molecule has 5 rings (SSSR count). The molecule has 0 saturated heterocycles. The molecule has 13 nitrogen and oxygen atoms in total. The highest BCUT2D eigenvalue weighted by Gasteiger charge is 2.25. The first-order valence-corrected chi connectivity index (χ1v) is 18.8. The third-order valence-corrected chi connectivity index (χ3v) is 9.43. The monoisotopic (exact) mass is 807 g/mol. The normalized spacial score (nSPS) is 11.2. The van der Waals surface area contributed by atoms with Gasteiger partial charge in [-0.1, -0.05) is 66.7 Å². The topological polar surface area (TPSA) is 231 Å². The van der Waals surface area contributed by atoms with Crippen molar-refractivity contribution in [3.05, 3.63) is 165 Å².